The lowest BCUT2D eigenvalue weighted by Gasteiger charge is -1.87. The van der Waals surface area contributed by atoms with Gasteiger partial charge in [-0.15, -0.1) is 4.98 Å². The summed E-state index contributed by atoms with van der Waals surface area (Å²) in [6.07, 6.45) is 3.29. The van der Waals surface area contributed by atoms with Crippen LogP contribution in [0, 0.1) is 0 Å². The molecule has 2 rings (SSSR count). The molecule has 0 aliphatic heterocycles. The lowest BCUT2D eigenvalue weighted by Crippen LogP contribution is -3.00. The lowest BCUT2D eigenvalue weighted by atomic mass is 10.4. The molecule has 0 saturated heterocycles. The molecular weight excluding hydrogens is 190 g/mol. The van der Waals surface area contributed by atoms with Gasteiger partial charge in [-0.05, 0) is 12.1 Å². The highest BCUT2D eigenvalue weighted by atomic mass is 35.5. The van der Waals surface area contributed by atoms with Crippen LogP contribution in [-0.2, 0) is 0 Å². The molecule has 0 aliphatic carbocycles. The Kier molecular flexibility index (Phi) is 2.63. The third-order valence-corrected chi connectivity index (χ3v) is 1.72. The van der Waals surface area contributed by atoms with Crippen molar-refractivity contribution in [3.8, 4) is 0 Å². The number of rotatable bonds is 0. The number of fused-ring (bicyclic) bond motifs is 1. The van der Waals surface area contributed by atoms with E-state index in [1.807, 2.05) is 6.07 Å². The number of pyridine rings is 1. The van der Waals surface area contributed by atoms with E-state index in [9.17, 15) is 4.79 Å². The number of carbonyl (C=O) groups is 1. The molecule has 0 aromatic carbocycles. The Balaban J connectivity index is 0.000000845. The van der Waals surface area contributed by atoms with E-state index in [0.29, 0.717) is 0 Å². The van der Waals surface area contributed by atoms with Crippen molar-refractivity contribution in [3.05, 3.63) is 24.7 Å². The molecule has 1 N–H and O–H groups in total. The van der Waals surface area contributed by atoms with Crippen LogP contribution in [-0.4, -0.2) is 15.5 Å². The van der Waals surface area contributed by atoms with E-state index in [2.05, 4.69) is 9.97 Å². The van der Waals surface area contributed by atoms with Crippen LogP contribution in [0.15, 0.2) is 24.7 Å². The number of H-pyrrole nitrogens is 1. The zero-order chi connectivity index (χ0) is 8.55. The molecule has 13 heavy (non-hydrogen) atoms. The zero-order valence-electron chi connectivity index (χ0n) is 6.99. The van der Waals surface area contributed by atoms with Gasteiger partial charge in [0.25, 0.3) is 11.6 Å². The third kappa shape index (κ3) is 1.53. The van der Waals surface area contributed by atoms with Gasteiger partial charge >= 0.3 is 0 Å². The lowest BCUT2D eigenvalue weighted by molar-refractivity contribution is -0.348. The van der Waals surface area contributed by atoms with Crippen molar-refractivity contribution in [2.45, 2.75) is 6.92 Å². The molecule has 0 unspecified atom stereocenters. The van der Waals surface area contributed by atoms with Crippen LogP contribution in [0.2, 0.25) is 0 Å². The summed E-state index contributed by atoms with van der Waals surface area (Å²) in [5.74, 6) is -0.0192. The number of nitrogens with zero attached hydrogens (tertiary/aromatic N) is 2. The smallest absolute Gasteiger partial charge is 0.299 e. The second-order valence-electron chi connectivity index (χ2n) is 2.53. The topological polar surface area (TPSA) is 49.0 Å². The molecule has 0 spiro atoms. The average Bonchev–Trinajstić information content (AvgIpc) is 2.47. The Morgan fingerprint density at radius 3 is 3.08 bits per heavy atom. The number of carbonyl (C=O) groups excluding carboxylic acids is 1. The maximum Gasteiger partial charge on any atom is 0.299 e. The molecule has 0 saturated carbocycles. The van der Waals surface area contributed by atoms with E-state index in [4.69, 9.17) is 0 Å². The molecule has 68 valence electrons. The summed E-state index contributed by atoms with van der Waals surface area (Å²) >= 11 is 0. The predicted molar refractivity (Wildman–Crippen MR) is 42.6 cm³/mol. The van der Waals surface area contributed by atoms with Crippen LogP contribution in [0.25, 0.3) is 11.2 Å². The van der Waals surface area contributed by atoms with Crippen LogP contribution in [0.5, 0.6) is 0 Å². The summed E-state index contributed by atoms with van der Waals surface area (Å²) in [6.45, 7) is 1.51. The van der Waals surface area contributed by atoms with Crippen LogP contribution in [0.3, 0.4) is 0 Å². The van der Waals surface area contributed by atoms with Gasteiger partial charge in [-0.2, -0.15) is 4.57 Å². The van der Waals surface area contributed by atoms with E-state index >= 15 is 0 Å². The molecule has 2 heterocycles. The van der Waals surface area contributed by atoms with Crippen LogP contribution in [0.1, 0.15) is 11.7 Å². The minimum Gasteiger partial charge on any atom is -1.00 e. The quantitative estimate of drug-likeness (QED) is 0.470. The number of aromatic amines is 1. The number of halogens is 1. The average molecular weight is 198 g/mol. The minimum atomic E-state index is -0.0192. The van der Waals surface area contributed by atoms with Gasteiger partial charge in [-0.3, -0.25) is 4.79 Å². The first kappa shape index (κ1) is 9.67. The van der Waals surface area contributed by atoms with E-state index in [1.165, 1.54) is 11.5 Å². The molecule has 0 amide bonds. The molecule has 5 heteroatoms. The van der Waals surface area contributed by atoms with Gasteiger partial charge in [0.15, 0.2) is 11.8 Å². The van der Waals surface area contributed by atoms with Gasteiger partial charge in [0.1, 0.15) is 6.20 Å². The number of hydrogen-bond acceptors (Lipinski definition) is 2. The second-order valence-corrected chi connectivity index (χ2v) is 2.53. The van der Waals surface area contributed by atoms with E-state index in [0.717, 1.165) is 11.2 Å². The third-order valence-electron chi connectivity index (χ3n) is 1.72. The Bertz CT molecular complexity index is 438. The Morgan fingerprint density at radius 1 is 1.62 bits per heavy atom. The first-order valence-corrected chi connectivity index (χ1v) is 3.64. The minimum absolute atomic E-state index is 0. The highest BCUT2D eigenvalue weighted by Gasteiger charge is 2.11. The van der Waals surface area contributed by atoms with Crippen molar-refractivity contribution < 1.29 is 22.2 Å². The predicted octanol–water partition coefficient (Wildman–Crippen LogP) is -2.49. The largest absolute Gasteiger partial charge is 1.00 e. The molecule has 0 radical (unpaired) electrons. The molecule has 4 nitrogen and oxygen atoms in total. The Labute approximate surface area is 81.0 Å². The molecule has 0 bridgehead atoms. The number of aromatic nitrogens is 3. The van der Waals surface area contributed by atoms with Crippen molar-refractivity contribution in [3.63, 3.8) is 0 Å². The number of nitrogens with one attached hydrogen (secondary N) is 1. The van der Waals surface area contributed by atoms with Gasteiger partial charge in [-0.1, -0.05) is 0 Å². The highest BCUT2D eigenvalue weighted by Crippen LogP contribution is 2.04. The SMILES string of the molecule is CC(=O)n1c[nH+]c2ncccc21.[Cl-]. The van der Waals surface area contributed by atoms with E-state index in [-0.39, 0.29) is 18.3 Å². The van der Waals surface area contributed by atoms with E-state index in [1.54, 1.807) is 18.6 Å². The van der Waals surface area contributed by atoms with Crippen molar-refractivity contribution in [2.24, 2.45) is 0 Å². The van der Waals surface area contributed by atoms with Gasteiger partial charge < -0.3 is 12.4 Å². The molecule has 2 aromatic rings. The summed E-state index contributed by atoms with van der Waals surface area (Å²) in [4.78, 5) is 18.0. The fourth-order valence-electron chi connectivity index (χ4n) is 1.16. The van der Waals surface area contributed by atoms with Crippen LogP contribution < -0.4 is 17.4 Å². The summed E-state index contributed by atoms with van der Waals surface area (Å²) in [5, 5.41) is 0. The van der Waals surface area contributed by atoms with Crippen molar-refractivity contribution in [1.82, 2.24) is 9.55 Å². The first-order chi connectivity index (χ1) is 5.79. The van der Waals surface area contributed by atoms with Crippen molar-refractivity contribution in [1.29, 1.82) is 0 Å². The summed E-state index contributed by atoms with van der Waals surface area (Å²) < 4.78 is 1.53. The van der Waals surface area contributed by atoms with Gasteiger partial charge in [-0.25, -0.2) is 4.98 Å². The van der Waals surface area contributed by atoms with Gasteiger partial charge in [0.05, 0.1) is 0 Å². The van der Waals surface area contributed by atoms with Crippen molar-refractivity contribution in [2.75, 3.05) is 0 Å². The summed E-state index contributed by atoms with van der Waals surface area (Å²) in [6, 6.07) is 3.65. The van der Waals surface area contributed by atoms with Gasteiger partial charge in [0.2, 0.25) is 0 Å². The number of hydrogen-bond donors (Lipinski definition) is 0. The Hall–Kier alpha value is -1.42. The molecular formula is C8H8ClN3O. The van der Waals surface area contributed by atoms with Gasteiger partial charge in [0, 0.05) is 6.92 Å². The number of imidazole rings is 1. The molecule has 0 atom stereocenters. The fourth-order valence-corrected chi connectivity index (χ4v) is 1.16. The summed E-state index contributed by atoms with van der Waals surface area (Å²) in [7, 11) is 0. The molecule has 0 aliphatic rings. The normalized spacial score (nSPS) is 9.62. The van der Waals surface area contributed by atoms with Crippen LogP contribution >= 0.6 is 0 Å². The Morgan fingerprint density at radius 2 is 2.38 bits per heavy atom. The monoisotopic (exact) mass is 197 g/mol. The maximum absolute atomic E-state index is 11.0. The maximum atomic E-state index is 11.0. The zero-order valence-corrected chi connectivity index (χ0v) is 7.75. The molecule has 0 fully saturated rings. The first-order valence-electron chi connectivity index (χ1n) is 3.64. The highest BCUT2D eigenvalue weighted by molar-refractivity contribution is 5.85. The van der Waals surface area contributed by atoms with Crippen molar-refractivity contribution >= 4 is 17.1 Å². The standard InChI is InChI=1S/C8H7N3O.ClH/c1-6(12)11-5-10-8-7(11)3-2-4-9-8;/h2-5H,1H3;1H. The second kappa shape index (κ2) is 3.53. The summed E-state index contributed by atoms with van der Waals surface area (Å²) in [5.41, 5.74) is 1.54. The fraction of sp³-hybridized carbons (Fsp3) is 0.125. The van der Waals surface area contributed by atoms with E-state index < -0.39 is 0 Å². The molecule has 2 aromatic heterocycles. The van der Waals surface area contributed by atoms with Crippen LogP contribution in [0.4, 0.5) is 0 Å².